The minimum Gasteiger partial charge on any atom is -0.481 e. The number of benzene rings is 1. The fraction of sp³-hybridized carbons (Fsp3) is 0.579. The highest BCUT2D eigenvalue weighted by molar-refractivity contribution is 5.75. The Balaban J connectivity index is 1.74. The number of nitrogens with zero attached hydrogens (tertiary/aromatic N) is 1. The maximum Gasteiger partial charge on any atom is 0.317 e. The third-order valence-electron chi connectivity index (χ3n) is 4.64. The standard InChI is InChI=1S/C19H28N2O3/c1-19(2,3)16-6-4-14(5-7-16)8-11-20-18(24)21-12-9-15(10-13-21)17(22)23/h4-7,15H,8-13H2,1-3H3,(H,20,24)(H,22,23). The Bertz CT molecular complexity index is 567. The first-order valence-corrected chi connectivity index (χ1v) is 8.62. The van der Waals surface area contributed by atoms with E-state index in [1.165, 1.54) is 11.1 Å². The van der Waals surface area contributed by atoms with Crippen molar-refractivity contribution in [2.24, 2.45) is 5.92 Å². The molecular formula is C19H28N2O3. The van der Waals surface area contributed by atoms with Gasteiger partial charge in [0.15, 0.2) is 0 Å². The third-order valence-corrected chi connectivity index (χ3v) is 4.64. The zero-order chi connectivity index (χ0) is 17.7. The second-order valence-electron chi connectivity index (χ2n) is 7.53. The second-order valence-corrected chi connectivity index (χ2v) is 7.53. The number of amides is 2. The van der Waals surface area contributed by atoms with Crippen LogP contribution in [0.3, 0.4) is 0 Å². The van der Waals surface area contributed by atoms with Crippen LogP contribution in [0.4, 0.5) is 4.79 Å². The molecule has 5 heteroatoms. The molecule has 1 saturated heterocycles. The summed E-state index contributed by atoms with van der Waals surface area (Å²) in [4.78, 5) is 24.8. The third kappa shape index (κ3) is 4.98. The Labute approximate surface area is 144 Å². The van der Waals surface area contributed by atoms with Gasteiger partial charge >= 0.3 is 12.0 Å². The van der Waals surface area contributed by atoms with Crippen LogP contribution in [0, 0.1) is 5.92 Å². The highest BCUT2D eigenvalue weighted by Gasteiger charge is 2.26. The van der Waals surface area contributed by atoms with Gasteiger partial charge in [-0.05, 0) is 35.8 Å². The van der Waals surface area contributed by atoms with Gasteiger partial charge < -0.3 is 15.3 Å². The van der Waals surface area contributed by atoms with Crippen molar-refractivity contribution >= 4 is 12.0 Å². The van der Waals surface area contributed by atoms with E-state index in [2.05, 4.69) is 50.4 Å². The number of carbonyl (C=O) groups excluding carboxylic acids is 1. The van der Waals surface area contributed by atoms with E-state index >= 15 is 0 Å². The normalized spacial score (nSPS) is 16.0. The summed E-state index contributed by atoms with van der Waals surface area (Å²) >= 11 is 0. The Morgan fingerprint density at radius 1 is 1.17 bits per heavy atom. The van der Waals surface area contributed by atoms with Gasteiger partial charge in [0, 0.05) is 19.6 Å². The molecule has 132 valence electrons. The van der Waals surface area contributed by atoms with E-state index in [0.29, 0.717) is 32.5 Å². The fourth-order valence-electron chi connectivity index (χ4n) is 2.93. The number of hydrogen-bond acceptors (Lipinski definition) is 2. The van der Waals surface area contributed by atoms with Crippen LogP contribution in [-0.2, 0) is 16.6 Å². The number of rotatable bonds is 4. The molecule has 24 heavy (non-hydrogen) atoms. The summed E-state index contributed by atoms with van der Waals surface area (Å²) in [5.41, 5.74) is 2.65. The average molecular weight is 332 g/mol. The second kappa shape index (κ2) is 7.69. The van der Waals surface area contributed by atoms with E-state index in [1.807, 2.05) is 0 Å². The van der Waals surface area contributed by atoms with Crippen molar-refractivity contribution in [3.63, 3.8) is 0 Å². The van der Waals surface area contributed by atoms with Gasteiger partial charge in [-0.3, -0.25) is 4.79 Å². The number of piperidine rings is 1. The van der Waals surface area contributed by atoms with Gasteiger partial charge in [0.2, 0.25) is 0 Å². The van der Waals surface area contributed by atoms with Gasteiger partial charge in [-0.15, -0.1) is 0 Å². The molecule has 0 unspecified atom stereocenters. The van der Waals surface area contributed by atoms with Gasteiger partial charge in [-0.25, -0.2) is 4.79 Å². The number of carbonyl (C=O) groups is 2. The number of hydrogen-bond donors (Lipinski definition) is 2. The van der Waals surface area contributed by atoms with Crippen molar-refractivity contribution in [2.75, 3.05) is 19.6 Å². The van der Waals surface area contributed by atoms with Crippen molar-refractivity contribution < 1.29 is 14.7 Å². The largest absolute Gasteiger partial charge is 0.481 e. The lowest BCUT2D eigenvalue weighted by atomic mass is 9.86. The van der Waals surface area contributed by atoms with E-state index in [1.54, 1.807) is 4.90 Å². The summed E-state index contributed by atoms with van der Waals surface area (Å²) in [5, 5.41) is 11.9. The molecule has 1 fully saturated rings. The highest BCUT2D eigenvalue weighted by atomic mass is 16.4. The molecular weight excluding hydrogens is 304 g/mol. The minimum atomic E-state index is -0.756. The summed E-state index contributed by atoms with van der Waals surface area (Å²) in [5.74, 6) is -1.07. The van der Waals surface area contributed by atoms with Crippen LogP contribution in [0.1, 0.15) is 44.7 Å². The van der Waals surface area contributed by atoms with E-state index in [4.69, 9.17) is 5.11 Å². The SMILES string of the molecule is CC(C)(C)c1ccc(CCNC(=O)N2CCC(C(=O)O)CC2)cc1. The first-order chi connectivity index (χ1) is 11.3. The van der Waals surface area contributed by atoms with Crippen LogP contribution in [0.25, 0.3) is 0 Å². The van der Waals surface area contributed by atoms with Gasteiger partial charge in [0.05, 0.1) is 5.92 Å². The molecule has 2 amide bonds. The van der Waals surface area contributed by atoms with Gasteiger partial charge in [-0.1, -0.05) is 45.0 Å². The molecule has 0 spiro atoms. The van der Waals surface area contributed by atoms with Gasteiger partial charge in [-0.2, -0.15) is 0 Å². The van der Waals surface area contributed by atoms with E-state index in [9.17, 15) is 9.59 Å². The summed E-state index contributed by atoms with van der Waals surface area (Å²) in [6, 6.07) is 8.43. The molecule has 2 rings (SSSR count). The molecule has 0 bridgehead atoms. The highest BCUT2D eigenvalue weighted by Crippen LogP contribution is 2.22. The predicted molar refractivity (Wildman–Crippen MR) is 94.2 cm³/mol. The summed E-state index contributed by atoms with van der Waals surface area (Å²) in [7, 11) is 0. The smallest absolute Gasteiger partial charge is 0.317 e. The number of carboxylic acid groups (broad SMARTS) is 1. The summed E-state index contributed by atoms with van der Waals surface area (Å²) in [6.45, 7) is 8.19. The van der Waals surface area contributed by atoms with Crippen molar-refractivity contribution in [2.45, 2.75) is 45.4 Å². The Morgan fingerprint density at radius 2 is 1.75 bits per heavy atom. The van der Waals surface area contributed by atoms with Crippen LogP contribution in [0.5, 0.6) is 0 Å². The molecule has 2 N–H and O–H groups in total. The molecule has 0 atom stereocenters. The van der Waals surface area contributed by atoms with Crippen molar-refractivity contribution in [3.8, 4) is 0 Å². The van der Waals surface area contributed by atoms with Gasteiger partial charge in [0.1, 0.15) is 0 Å². The average Bonchev–Trinajstić information content (AvgIpc) is 2.54. The van der Waals surface area contributed by atoms with Gasteiger partial charge in [0.25, 0.3) is 0 Å². The molecule has 1 aliphatic heterocycles. The van der Waals surface area contributed by atoms with Crippen molar-refractivity contribution in [3.05, 3.63) is 35.4 Å². The maximum atomic E-state index is 12.1. The molecule has 1 aromatic rings. The Hall–Kier alpha value is -2.04. The molecule has 1 heterocycles. The Morgan fingerprint density at radius 3 is 2.25 bits per heavy atom. The molecule has 1 aliphatic rings. The number of nitrogens with one attached hydrogen (secondary N) is 1. The van der Waals surface area contributed by atoms with Crippen molar-refractivity contribution in [1.29, 1.82) is 0 Å². The first kappa shape index (κ1) is 18.3. The molecule has 0 aliphatic carbocycles. The number of urea groups is 1. The molecule has 0 radical (unpaired) electrons. The van der Waals surface area contributed by atoms with Crippen molar-refractivity contribution in [1.82, 2.24) is 10.2 Å². The molecule has 0 aromatic heterocycles. The minimum absolute atomic E-state index is 0.0925. The van der Waals surface area contributed by atoms with Crippen LogP contribution < -0.4 is 5.32 Å². The monoisotopic (exact) mass is 332 g/mol. The number of aliphatic carboxylic acids is 1. The lowest BCUT2D eigenvalue weighted by Gasteiger charge is -2.30. The number of carboxylic acids is 1. The van der Waals surface area contributed by atoms with Crippen LogP contribution in [0.15, 0.2) is 24.3 Å². The number of likely N-dealkylation sites (tertiary alicyclic amines) is 1. The van der Waals surface area contributed by atoms with Crippen LogP contribution in [0.2, 0.25) is 0 Å². The quantitative estimate of drug-likeness (QED) is 0.890. The summed E-state index contributed by atoms with van der Waals surface area (Å²) < 4.78 is 0. The topological polar surface area (TPSA) is 69.6 Å². The zero-order valence-electron chi connectivity index (χ0n) is 14.8. The van der Waals surface area contributed by atoms with E-state index in [0.717, 1.165) is 6.42 Å². The Kier molecular flexibility index (Phi) is 5.86. The predicted octanol–water partition coefficient (Wildman–Crippen LogP) is 3.03. The lowest BCUT2D eigenvalue weighted by Crippen LogP contribution is -2.45. The van der Waals surface area contributed by atoms with Crippen LogP contribution >= 0.6 is 0 Å². The van der Waals surface area contributed by atoms with E-state index < -0.39 is 5.97 Å². The lowest BCUT2D eigenvalue weighted by molar-refractivity contribution is -0.143. The molecule has 1 aromatic carbocycles. The maximum absolute atomic E-state index is 12.1. The fourth-order valence-corrected chi connectivity index (χ4v) is 2.93. The van der Waals surface area contributed by atoms with E-state index in [-0.39, 0.29) is 17.4 Å². The molecule has 0 saturated carbocycles. The summed E-state index contributed by atoms with van der Waals surface area (Å²) in [6.07, 6.45) is 1.87. The first-order valence-electron chi connectivity index (χ1n) is 8.62. The van der Waals surface area contributed by atoms with Crippen LogP contribution in [-0.4, -0.2) is 41.6 Å². The zero-order valence-corrected chi connectivity index (χ0v) is 14.8. The molecule has 5 nitrogen and oxygen atoms in total.